The molecule has 0 aromatic heterocycles. The van der Waals surface area contributed by atoms with Crippen LogP contribution in [0.2, 0.25) is 5.02 Å². The molecule has 1 N–H and O–H groups in total. The molecule has 0 fully saturated rings. The second-order valence-corrected chi connectivity index (χ2v) is 5.89. The minimum Gasteiger partial charge on any atom is -0.478 e. The van der Waals surface area contributed by atoms with Crippen molar-refractivity contribution in [3.05, 3.63) is 63.7 Å². The Morgan fingerprint density at radius 1 is 1.09 bits per heavy atom. The number of benzene rings is 2. The molecule has 0 unspecified atom stereocenters. The maximum Gasteiger partial charge on any atom is 0.345 e. The highest BCUT2D eigenvalue weighted by Crippen LogP contribution is 2.23. The van der Waals surface area contributed by atoms with Gasteiger partial charge in [0, 0.05) is 11.4 Å². The number of halogens is 1. The second kappa shape index (κ2) is 6.84. The van der Waals surface area contributed by atoms with E-state index in [0.717, 1.165) is 16.7 Å². The predicted molar refractivity (Wildman–Crippen MR) is 87.9 cm³/mol. The SMILES string of the molecule is Cc1ccc(C[C@@H](Oc2ccc(Cl)c(C)c2)C(=O)O)cc1C. The predicted octanol–water partition coefficient (Wildman–Crippen LogP) is 4.34. The van der Waals surface area contributed by atoms with E-state index in [9.17, 15) is 9.90 Å². The highest BCUT2D eigenvalue weighted by atomic mass is 35.5. The lowest BCUT2D eigenvalue weighted by atomic mass is 10.0. The van der Waals surface area contributed by atoms with Crippen LogP contribution in [-0.2, 0) is 11.2 Å². The number of rotatable bonds is 5. The van der Waals surface area contributed by atoms with Crippen molar-refractivity contribution >= 4 is 17.6 Å². The highest BCUT2D eigenvalue weighted by Gasteiger charge is 2.20. The summed E-state index contributed by atoms with van der Waals surface area (Å²) in [6, 6.07) is 11.1. The van der Waals surface area contributed by atoms with Gasteiger partial charge < -0.3 is 9.84 Å². The molecular weight excluding hydrogens is 300 g/mol. The Kier molecular flexibility index (Phi) is 5.09. The lowest BCUT2D eigenvalue weighted by Gasteiger charge is -2.16. The number of carboxylic acids is 1. The first-order valence-electron chi connectivity index (χ1n) is 7.08. The molecule has 0 aliphatic carbocycles. The number of ether oxygens (including phenoxy) is 1. The van der Waals surface area contributed by atoms with E-state index in [-0.39, 0.29) is 0 Å². The van der Waals surface area contributed by atoms with Crippen molar-refractivity contribution in [2.45, 2.75) is 33.3 Å². The minimum absolute atomic E-state index is 0.318. The highest BCUT2D eigenvalue weighted by molar-refractivity contribution is 6.31. The Morgan fingerprint density at radius 2 is 1.82 bits per heavy atom. The van der Waals surface area contributed by atoms with Gasteiger partial charge in [-0.05, 0) is 61.2 Å². The molecule has 0 aliphatic rings. The topological polar surface area (TPSA) is 46.5 Å². The molecule has 4 heteroatoms. The summed E-state index contributed by atoms with van der Waals surface area (Å²) in [6.45, 7) is 5.90. The van der Waals surface area contributed by atoms with E-state index in [4.69, 9.17) is 16.3 Å². The summed E-state index contributed by atoms with van der Waals surface area (Å²) in [5.41, 5.74) is 4.13. The van der Waals surface area contributed by atoms with Crippen LogP contribution in [-0.4, -0.2) is 17.2 Å². The normalized spacial score (nSPS) is 12.0. The Labute approximate surface area is 135 Å². The monoisotopic (exact) mass is 318 g/mol. The second-order valence-electron chi connectivity index (χ2n) is 5.48. The molecule has 0 aliphatic heterocycles. The molecule has 0 spiro atoms. The Morgan fingerprint density at radius 3 is 2.41 bits per heavy atom. The first-order chi connectivity index (χ1) is 10.4. The van der Waals surface area contributed by atoms with Crippen molar-refractivity contribution in [2.24, 2.45) is 0 Å². The van der Waals surface area contributed by atoms with Gasteiger partial charge in [-0.25, -0.2) is 4.79 Å². The summed E-state index contributed by atoms with van der Waals surface area (Å²) in [6.07, 6.45) is -0.610. The lowest BCUT2D eigenvalue weighted by molar-refractivity contribution is -0.145. The summed E-state index contributed by atoms with van der Waals surface area (Å²) < 4.78 is 5.63. The van der Waals surface area contributed by atoms with Crippen LogP contribution in [0.3, 0.4) is 0 Å². The molecule has 2 rings (SSSR count). The molecule has 0 bridgehead atoms. The van der Waals surface area contributed by atoms with Crippen LogP contribution in [0.4, 0.5) is 0 Å². The standard InChI is InChI=1S/C18H19ClO3/c1-11-4-5-14(8-12(11)2)10-17(18(20)21)22-15-6-7-16(19)13(3)9-15/h4-9,17H,10H2,1-3H3,(H,20,21)/t17-/m1/s1. The number of carboxylic acid groups (broad SMARTS) is 1. The fourth-order valence-corrected chi connectivity index (χ4v) is 2.30. The third-order valence-corrected chi connectivity index (χ3v) is 4.10. The van der Waals surface area contributed by atoms with Crippen LogP contribution in [0.25, 0.3) is 0 Å². The molecule has 0 radical (unpaired) electrons. The van der Waals surface area contributed by atoms with Gasteiger partial charge in [-0.1, -0.05) is 29.8 Å². The van der Waals surface area contributed by atoms with Gasteiger partial charge in [0.2, 0.25) is 0 Å². The largest absolute Gasteiger partial charge is 0.478 e. The number of hydrogen-bond donors (Lipinski definition) is 1. The van der Waals surface area contributed by atoms with Crippen molar-refractivity contribution < 1.29 is 14.6 Å². The van der Waals surface area contributed by atoms with Crippen LogP contribution in [0.5, 0.6) is 5.75 Å². The van der Waals surface area contributed by atoms with Gasteiger partial charge in [-0.3, -0.25) is 0 Å². The summed E-state index contributed by atoms with van der Waals surface area (Å²) in [5, 5.41) is 10.0. The molecule has 0 heterocycles. The number of aryl methyl sites for hydroxylation is 3. The Bertz CT molecular complexity index is 641. The van der Waals surface area contributed by atoms with E-state index in [2.05, 4.69) is 0 Å². The molecular formula is C18H19ClO3. The van der Waals surface area contributed by atoms with Crippen LogP contribution in [0.15, 0.2) is 36.4 Å². The molecule has 116 valence electrons. The molecule has 1 atom stereocenters. The molecule has 0 saturated carbocycles. The third-order valence-electron chi connectivity index (χ3n) is 3.68. The van der Waals surface area contributed by atoms with Gasteiger partial charge in [0.1, 0.15) is 5.75 Å². The maximum atomic E-state index is 11.5. The molecule has 0 saturated heterocycles. The maximum absolute atomic E-state index is 11.5. The van der Waals surface area contributed by atoms with Gasteiger partial charge in [0.25, 0.3) is 0 Å². The quantitative estimate of drug-likeness (QED) is 0.892. The van der Waals surface area contributed by atoms with E-state index in [1.54, 1.807) is 18.2 Å². The van der Waals surface area contributed by atoms with Gasteiger partial charge in [0.05, 0.1) is 0 Å². The first-order valence-corrected chi connectivity index (χ1v) is 7.46. The Balaban J connectivity index is 2.17. The van der Waals surface area contributed by atoms with Gasteiger partial charge in [0.15, 0.2) is 6.10 Å². The van der Waals surface area contributed by atoms with E-state index in [0.29, 0.717) is 17.2 Å². The van der Waals surface area contributed by atoms with Crippen LogP contribution >= 0.6 is 11.6 Å². The first kappa shape index (κ1) is 16.4. The average Bonchev–Trinajstić information content (AvgIpc) is 2.46. The van der Waals surface area contributed by atoms with Gasteiger partial charge in [-0.15, -0.1) is 0 Å². The molecule has 2 aromatic carbocycles. The Hall–Kier alpha value is -2.00. The molecule has 0 amide bonds. The number of aliphatic carboxylic acids is 1. The van der Waals surface area contributed by atoms with Crippen molar-refractivity contribution in [1.29, 1.82) is 0 Å². The van der Waals surface area contributed by atoms with Crippen molar-refractivity contribution in [3.8, 4) is 5.75 Å². The molecule has 3 nitrogen and oxygen atoms in total. The zero-order valence-corrected chi connectivity index (χ0v) is 13.6. The van der Waals surface area contributed by atoms with Crippen molar-refractivity contribution in [1.82, 2.24) is 0 Å². The van der Waals surface area contributed by atoms with Crippen LogP contribution < -0.4 is 4.74 Å². The number of carbonyl (C=O) groups is 1. The molecule has 2 aromatic rings. The van der Waals surface area contributed by atoms with Crippen LogP contribution in [0.1, 0.15) is 22.3 Å². The van der Waals surface area contributed by atoms with Crippen molar-refractivity contribution in [2.75, 3.05) is 0 Å². The zero-order valence-electron chi connectivity index (χ0n) is 12.9. The van der Waals surface area contributed by atoms with Crippen LogP contribution in [0, 0.1) is 20.8 Å². The van der Waals surface area contributed by atoms with Gasteiger partial charge >= 0.3 is 5.97 Å². The van der Waals surface area contributed by atoms with E-state index in [1.165, 1.54) is 5.56 Å². The van der Waals surface area contributed by atoms with E-state index in [1.807, 2.05) is 39.0 Å². The van der Waals surface area contributed by atoms with E-state index >= 15 is 0 Å². The smallest absolute Gasteiger partial charge is 0.345 e. The van der Waals surface area contributed by atoms with Gasteiger partial charge in [-0.2, -0.15) is 0 Å². The fourth-order valence-electron chi connectivity index (χ4n) is 2.18. The van der Waals surface area contributed by atoms with E-state index < -0.39 is 12.1 Å². The summed E-state index contributed by atoms with van der Waals surface area (Å²) in [7, 11) is 0. The van der Waals surface area contributed by atoms with Crippen molar-refractivity contribution in [3.63, 3.8) is 0 Å². The number of hydrogen-bond acceptors (Lipinski definition) is 2. The zero-order chi connectivity index (χ0) is 16.3. The molecule has 22 heavy (non-hydrogen) atoms. The fraction of sp³-hybridized carbons (Fsp3) is 0.278. The summed E-state index contributed by atoms with van der Waals surface area (Å²) >= 11 is 5.97. The lowest BCUT2D eigenvalue weighted by Crippen LogP contribution is -2.29. The minimum atomic E-state index is -0.981. The average molecular weight is 319 g/mol. The summed E-state index contributed by atoms with van der Waals surface area (Å²) in [4.78, 5) is 11.5. The summed E-state index contributed by atoms with van der Waals surface area (Å²) in [5.74, 6) is -0.469. The third kappa shape index (κ3) is 4.01.